The van der Waals surface area contributed by atoms with Crippen LogP contribution in [0.15, 0.2) is 0 Å². The van der Waals surface area contributed by atoms with E-state index in [0.29, 0.717) is 0 Å². The lowest BCUT2D eigenvalue weighted by Crippen LogP contribution is -2.38. The number of rotatable bonds is 1. The fourth-order valence-corrected chi connectivity index (χ4v) is 0.523. The standard InChI is InChI=1S/C7H13NO5/c1-5(9)8(13-11)6(10)12-7(2,3)4/h11H,1-4H3. The molecule has 0 aromatic carbocycles. The van der Waals surface area contributed by atoms with E-state index in [0.717, 1.165) is 6.92 Å². The van der Waals surface area contributed by atoms with E-state index in [1.54, 1.807) is 20.8 Å². The molecule has 6 nitrogen and oxygen atoms in total. The third-order valence-electron chi connectivity index (χ3n) is 0.927. The number of carbonyl (C=O) groups is 2. The van der Waals surface area contributed by atoms with Gasteiger partial charge in [0.05, 0.1) is 0 Å². The van der Waals surface area contributed by atoms with Crippen molar-refractivity contribution in [3.63, 3.8) is 0 Å². The van der Waals surface area contributed by atoms with E-state index in [1.165, 1.54) is 0 Å². The fourth-order valence-electron chi connectivity index (χ4n) is 0.523. The zero-order valence-electron chi connectivity index (χ0n) is 8.03. The molecule has 0 aromatic rings. The first-order chi connectivity index (χ1) is 5.78. The number of ether oxygens (including phenoxy) is 1. The molecule has 0 bridgehead atoms. The van der Waals surface area contributed by atoms with Gasteiger partial charge in [-0.15, -0.1) is 4.99 Å². The van der Waals surface area contributed by atoms with Gasteiger partial charge in [-0.25, -0.2) is 10.1 Å². The summed E-state index contributed by atoms with van der Waals surface area (Å²) in [5.41, 5.74) is -0.747. The Kier molecular flexibility index (Phi) is 3.83. The monoisotopic (exact) mass is 191 g/mol. The molecule has 0 fully saturated rings. The van der Waals surface area contributed by atoms with E-state index in [1.807, 2.05) is 0 Å². The van der Waals surface area contributed by atoms with Gasteiger partial charge in [-0.2, -0.15) is 0 Å². The third kappa shape index (κ3) is 4.44. The summed E-state index contributed by atoms with van der Waals surface area (Å²) >= 11 is 0. The molecule has 0 radical (unpaired) electrons. The number of nitrogens with zero attached hydrogens (tertiary/aromatic N) is 1. The Morgan fingerprint density at radius 2 is 1.77 bits per heavy atom. The number of hydrogen-bond acceptors (Lipinski definition) is 5. The van der Waals surface area contributed by atoms with Gasteiger partial charge in [0, 0.05) is 6.92 Å². The van der Waals surface area contributed by atoms with Gasteiger partial charge in [0.1, 0.15) is 5.60 Å². The first-order valence-corrected chi connectivity index (χ1v) is 3.63. The Labute approximate surface area is 75.9 Å². The van der Waals surface area contributed by atoms with E-state index < -0.39 is 17.6 Å². The predicted octanol–water partition coefficient (Wildman–Crippen LogP) is 1.17. The molecule has 2 amide bonds. The molecule has 0 rings (SSSR count). The van der Waals surface area contributed by atoms with E-state index in [-0.39, 0.29) is 5.06 Å². The highest BCUT2D eigenvalue weighted by Crippen LogP contribution is 2.09. The van der Waals surface area contributed by atoms with Gasteiger partial charge in [0.25, 0.3) is 5.91 Å². The Morgan fingerprint density at radius 3 is 2.00 bits per heavy atom. The summed E-state index contributed by atoms with van der Waals surface area (Å²) in [7, 11) is 0. The summed E-state index contributed by atoms with van der Waals surface area (Å²) in [6, 6.07) is 0. The second-order valence-corrected chi connectivity index (χ2v) is 3.38. The molecule has 1 N–H and O–H groups in total. The average molecular weight is 191 g/mol. The van der Waals surface area contributed by atoms with Crippen molar-refractivity contribution in [1.29, 1.82) is 0 Å². The molecule has 0 aliphatic carbocycles. The minimum Gasteiger partial charge on any atom is -0.442 e. The highest BCUT2D eigenvalue weighted by molar-refractivity contribution is 5.89. The summed E-state index contributed by atoms with van der Waals surface area (Å²) in [4.78, 5) is 25.2. The summed E-state index contributed by atoms with van der Waals surface area (Å²) in [6.45, 7) is 5.93. The molecule has 0 saturated carbocycles. The van der Waals surface area contributed by atoms with Crippen molar-refractivity contribution in [2.45, 2.75) is 33.3 Å². The molecule has 13 heavy (non-hydrogen) atoms. The average Bonchev–Trinajstić information content (AvgIpc) is 1.82. The number of carbonyl (C=O) groups excluding carboxylic acids is 2. The van der Waals surface area contributed by atoms with Gasteiger partial charge in [0.2, 0.25) is 0 Å². The van der Waals surface area contributed by atoms with Crippen LogP contribution in [0.5, 0.6) is 0 Å². The summed E-state index contributed by atoms with van der Waals surface area (Å²) in [5.74, 6) is -0.767. The largest absolute Gasteiger partial charge is 0.444 e. The maximum Gasteiger partial charge on any atom is 0.444 e. The summed E-state index contributed by atoms with van der Waals surface area (Å²) in [6.07, 6.45) is -1.05. The van der Waals surface area contributed by atoms with Gasteiger partial charge < -0.3 is 4.74 Å². The summed E-state index contributed by atoms with van der Waals surface area (Å²) < 4.78 is 4.73. The van der Waals surface area contributed by atoms with Crippen molar-refractivity contribution in [2.24, 2.45) is 0 Å². The second kappa shape index (κ2) is 4.20. The molecule has 6 heteroatoms. The second-order valence-electron chi connectivity index (χ2n) is 3.38. The minimum absolute atomic E-state index is 0.116. The Hall–Kier alpha value is -1.14. The Morgan fingerprint density at radius 1 is 1.31 bits per heavy atom. The van der Waals surface area contributed by atoms with Gasteiger partial charge in [-0.3, -0.25) is 4.79 Å². The zero-order chi connectivity index (χ0) is 10.6. The van der Waals surface area contributed by atoms with Crippen LogP contribution in [0.3, 0.4) is 0 Å². The van der Waals surface area contributed by atoms with Crippen molar-refractivity contribution in [3.05, 3.63) is 0 Å². The van der Waals surface area contributed by atoms with Gasteiger partial charge >= 0.3 is 6.09 Å². The first-order valence-electron chi connectivity index (χ1n) is 3.63. The Bertz CT molecular complexity index is 207. The van der Waals surface area contributed by atoms with Crippen molar-refractivity contribution < 1.29 is 24.6 Å². The topological polar surface area (TPSA) is 76.1 Å². The van der Waals surface area contributed by atoms with Gasteiger partial charge in [0.15, 0.2) is 0 Å². The Balaban J connectivity index is 4.32. The van der Waals surface area contributed by atoms with Crippen molar-refractivity contribution in [3.8, 4) is 0 Å². The smallest absolute Gasteiger partial charge is 0.442 e. The molecule has 0 aliphatic rings. The molecule has 0 unspecified atom stereocenters. The van der Waals surface area contributed by atoms with Crippen LogP contribution in [-0.2, 0) is 14.5 Å². The SMILES string of the molecule is CC(=O)N(OO)C(=O)OC(C)(C)C. The van der Waals surface area contributed by atoms with Crippen LogP contribution in [0.2, 0.25) is 0 Å². The van der Waals surface area contributed by atoms with Crippen LogP contribution < -0.4 is 0 Å². The third-order valence-corrected chi connectivity index (χ3v) is 0.927. The number of hydrogen-bond donors (Lipinski definition) is 1. The van der Waals surface area contributed by atoms with E-state index in [2.05, 4.69) is 4.99 Å². The van der Waals surface area contributed by atoms with Crippen LogP contribution in [0, 0.1) is 0 Å². The highest BCUT2D eigenvalue weighted by atomic mass is 17.2. The van der Waals surface area contributed by atoms with Crippen LogP contribution in [0.4, 0.5) is 4.79 Å². The fraction of sp³-hybridized carbons (Fsp3) is 0.714. The van der Waals surface area contributed by atoms with Gasteiger partial charge in [-0.1, -0.05) is 5.06 Å². The molecule has 0 atom stereocenters. The van der Waals surface area contributed by atoms with Crippen LogP contribution in [-0.4, -0.2) is 27.9 Å². The number of hydroxylamine groups is 2. The lowest BCUT2D eigenvalue weighted by Gasteiger charge is -2.22. The molecule has 76 valence electrons. The number of imide groups is 1. The van der Waals surface area contributed by atoms with Crippen LogP contribution in [0.25, 0.3) is 0 Å². The number of amides is 2. The lowest BCUT2D eigenvalue weighted by atomic mass is 10.2. The maximum atomic E-state index is 11.0. The maximum absolute atomic E-state index is 11.0. The normalized spacial score (nSPS) is 10.8. The first kappa shape index (κ1) is 11.9. The predicted molar refractivity (Wildman–Crippen MR) is 42.5 cm³/mol. The molecule has 0 spiro atoms. The highest BCUT2D eigenvalue weighted by Gasteiger charge is 2.26. The minimum atomic E-state index is -1.05. The zero-order valence-corrected chi connectivity index (χ0v) is 8.03. The summed E-state index contributed by atoms with van der Waals surface area (Å²) in [5, 5.41) is 8.28. The molecule has 0 aliphatic heterocycles. The van der Waals surface area contributed by atoms with E-state index in [4.69, 9.17) is 9.99 Å². The van der Waals surface area contributed by atoms with E-state index in [9.17, 15) is 9.59 Å². The van der Waals surface area contributed by atoms with Crippen molar-refractivity contribution in [2.75, 3.05) is 0 Å². The molecule has 0 aromatic heterocycles. The lowest BCUT2D eigenvalue weighted by molar-refractivity contribution is -0.362. The van der Waals surface area contributed by atoms with Crippen molar-refractivity contribution in [1.82, 2.24) is 5.06 Å². The van der Waals surface area contributed by atoms with Crippen LogP contribution in [0.1, 0.15) is 27.7 Å². The van der Waals surface area contributed by atoms with E-state index >= 15 is 0 Å². The quantitative estimate of drug-likeness (QED) is 0.497. The van der Waals surface area contributed by atoms with Crippen molar-refractivity contribution >= 4 is 12.0 Å². The molecule has 0 heterocycles. The van der Waals surface area contributed by atoms with Gasteiger partial charge in [-0.05, 0) is 20.8 Å². The van der Waals surface area contributed by atoms with Crippen LogP contribution >= 0.6 is 0 Å². The molecular formula is C7H13NO5. The molecular weight excluding hydrogens is 178 g/mol. The molecule has 0 saturated heterocycles.